The van der Waals surface area contributed by atoms with Gasteiger partial charge in [-0.3, -0.25) is 9.20 Å². The fourth-order valence-corrected chi connectivity index (χ4v) is 3.60. The molecular weight excluding hydrogens is 428 g/mol. The van der Waals surface area contributed by atoms with E-state index in [1.807, 2.05) is 89.6 Å². The van der Waals surface area contributed by atoms with Gasteiger partial charge in [-0.15, -0.1) is 10.2 Å². The molecule has 5 rings (SSSR count). The third kappa shape index (κ3) is 4.42. The molecule has 0 spiro atoms. The summed E-state index contributed by atoms with van der Waals surface area (Å²) in [4.78, 5) is 12.6. The SMILES string of the molecule is COc1ccc(-c2nn(-c3ccccc3)cc2/C=C/C(=O)NCc2nnc3ccccn23)cc1. The zero-order valence-corrected chi connectivity index (χ0v) is 18.5. The van der Waals surface area contributed by atoms with Crippen LogP contribution in [0.25, 0.3) is 28.7 Å². The minimum Gasteiger partial charge on any atom is -0.497 e. The highest BCUT2D eigenvalue weighted by Gasteiger charge is 2.12. The van der Waals surface area contributed by atoms with Crippen molar-refractivity contribution in [2.24, 2.45) is 0 Å². The molecule has 168 valence electrons. The number of ether oxygens (including phenoxy) is 1. The Morgan fingerprint density at radius 1 is 1.00 bits per heavy atom. The zero-order valence-electron chi connectivity index (χ0n) is 18.5. The number of amides is 1. The molecule has 0 aliphatic carbocycles. The highest BCUT2D eigenvalue weighted by Crippen LogP contribution is 2.26. The van der Waals surface area contributed by atoms with Crippen LogP contribution in [0.2, 0.25) is 0 Å². The number of aromatic nitrogens is 5. The minimum atomic E-state index is -0.235. The Hall–Kier alpha value is -4.72. The molecule has 0 atom stereocenters. The molecular formula is C26H22N6O2. The van der Waals surface area contributed by atoms with Gasteiger partial charge in [0, 0.05) is 29.6 Å². The molecule has 0 bridgehead atoms. The number of methoxy groups -OCH3 is 1. The third-order valence-corrected chi connectivity index (χ3v) is 5.35. The molecule has 0 radical (unpaired) electrons. The van der Waals surface area contributed by atoms with Gasteiger partial charge in [-0.1, -0.05) is 24.3 Å². The highest BCUT2D eigenvalue weighted by atomic mass is 16.5. The fourth-order valence-electron chi connectivity index (χ4n) is 3.60. The predicted molar refractivity (Wildman–Crippen MR) is 129 cm³/mol. The fraction of sp³-hybridized carbons (Fsp3) is 0.0769. The Bertz CT molecular complexity index is 1450. The molecule has 3 aromatic heterocycles. The molecule has 0 aliphatic heterocycles. The van der Waals surface area contributed by atoms with Crippen LogP contribution >= 0.6 is 0 Å². The number of para-hydroxylation sites is 1. The van der Waals surface area contributed by atoms with Gasteiger partial charge < -0.3 is 10.1 Å². The summed E-state index contributed by atoms with van der Waals surface area (Å²) < 4.78 is 8.92. The summed E-state index contributed by atoms with van der Waals surface area (Å²) in [6, 6.07) is 23.2. The monoisotopic (exact) mass is 450 g/mol. The van der Waals surface area contributed by atoms with Gasteiger partial charge >= 0.3 is 0 Å². The lowest BCUT2D eigenvalue weighted by Crippen LogP contribution is -2.21. The number of nitrogens with one attached hydrogen (secondary N) is 1. The van der Waals surface area contributed by atoms with Gasteiger partial charge in [-0.2, -0.15) is 5.10 Å². The van der Waals surface area contributed by atoms with Crippen molar-refractivity contribution >= 4 is 17.6 Å². The minimum absolute atomic E-state index is 0.235. The van der Waals surface area contributed by atoms with E-state index >= 15 is 0 Å². The number of fused-ring (bicyclic) bond motifs is 1. The molecule has 2 aromatic carbocycles. The normalized spacial score (nSPS) is 11.2. The van der Waals surface area contributed by atoms with E-state index in [-0.39, 0.29) is 12.5 Å². The van der Waals surface area contributed by atoms with E-state index in [0.717, 1.165) is 33.9 Å². The Balaban J connectivity index is 1.38. The van der Waals surface area contributed by atoms with Crippen LogP contribution in [0, 0.1) is 0 Å². The molecule has 0 fully saturated rings. The quantitative estimate of drug-likeness (QED) is 0.380. The summed E-state index contributed by atoms with van der Waals surface area (Å²) in [6.45, 7) is 0.267. The van der Waals surface area contributed by atoms with Crippen molar-refractivity contribution in [3.05, 3.63) is 103 Å². The number of carbonyl (C=O) groups excluding carboxylic acids is 1. The van der Waals surface area contributed by atoms with Gasteiger partial charge in [0.05, 0.1) is 25.0 Å². The van der Waals surface area contributed by atoms with Gasteiger partial charge in [0.15, 0.2) is 11.5 Å². The van der Waals surface area contributed by atoms with Crippen LogP contribution in [-0.2, 0) is 11.3 Å². The first-order chi connectivity index (χ1) is 16.7. The van der Waals surface area contributed by atoms with Crippen molar-refractivity contribution in [2.45, 2.75) is 6.54 Å². The number of benzene rings is 2. The molecule has 1 N–H and O–H groups in total. The lowest BCUT2D eigenvalue weighted by molar-refractivity contribution is -0.116. The van der Waals surface area contributed by atoms with Crippen LogP contribution in [0.3, 0.4) is 0 Å². The molecule has 34 heavy (non-hydrogen) atoms. The summed E-state index contributed by atoms with van der Waals surface area (Å²) >= 11 is 0. The number of hydrogen-bond donors (Lipinski definition) is 1. The number of rotatable bonds is 7. The van der Waals surface area contributed by atoms with Gasteiger partial charge in [0.1, 0.15) is 5.75 Å². The van der Waals surface area contributed by atoms with Crippen molar-refractivity contribution in [3.63, 3.8) is 0 Å². The standard InChI is InChI=1S/C26H22N6O2/c1-34-22-13-10-19(11-14-22)26-20(18-32(30-26)21-7-3-2-4-8-21)12-15-25(33)27-17-24-29-28-23-9-5-6-16-31(23)24/h2-16,18H,17H2,1H3,(H,27,33)/b15-12+. The Labute approximate surface area is 196 Å². The molecule has 1 amide bonds. The first-order valence-electron chi connectivity index (χ1n) is 10.8. The van der Waals surface area contributed by atoms with E-state index in [0.29, 0.717) is 5.82 Å². The van der Waals surface area contributed by atoms with E-state index in [1.165, 1.54) is 6.08 Å². The molecule has 0 unspecified atom stereocenters. The molecule has 8 heteroatoms. The zero-order chi connectivity index (χ0) is 23.3. The summed E-state index contributed by atoms with van der Waals surface area (Å²) in [5.74, 6) is 1.19. The van der Waals surface area contributed by atoms with E-state index in [1.54, 1.807) is 17.9 Å². The van der Waals surface area contributed by atoms with Crippen LogP contribution in [0.15, 0.2) is 91.3 Å². The van der Waals surface area contributed by atoms with Crippen LogP contribution in [0.4, 0.5) is 0 Å². The second kappa shape index (κ2) is 9.41. The van der Waals surface area contributed by atoms with Crippen LogP contribution < -0.4 is 10.1 Å². The van der Waals surface area contributed by atoms with Gasteiger partial charge in [-0.05, 0) is 54.6 Å². The maximum absolute atomic E-state index is 12.6. The summed E-state index contributed by atoms with van der Waals surface area (Å²) in [7, 11) is 1.63. The summed E-state index contributed by atoms with van der Waals surface area (Å²) in [5.41, 5.74) is 4.17. The van der Waals surface area contributed by atoms with Crippen molar-refractivity contribution in [1.29, 1.82) is 0 Å². The molecule has 8 nitrogen and oxygen atoms in total. The van der Waals surface area contributed by atoms with Crippen LogP contribution in [-0.4, -0.2) is 37.4 Å². The Morgan fingerprint density at radius 3 is 2.59 bits per heavy atom. The third-order valence-electron chi connectivity index (χ3n) is 5.35. The molecule has 5 aromatic rings. The molecule has 0 saturated heterocycles. The van der Waals surface area contributed by atoms with Gasteiger partial charge in [-0.25, -0.2) is 4.68 Å². The van der Waals surface area contributed by atoms with E-state index in [9.17, 15) is 4.79 Å². The largest absolute Gasteiger partial charge is 0.497 e. The average molecular weight is 451 g/mol. The second-order valence-electron chi connectivity index (χ2n) is 7.54. The maximum atomic E-state index is 12.6. The Kier molecular flexibility index (Phi) is 5.85. The number of hydrogen-bond acceptors (Lipinski definition) is 5. The number of nitrogens with zero attached hydrogens (tertiary/aromatic N) is 5. The van der Waals surface area contributed by atoms with Crippen LogP contribution in [0.1, 0.15) is 11.4 Å². The van der Waals surface area contributed by atoms with E-state index in [2.05, 4.69) is 15.5 Å². The lowest BCUT2D eigenvalue weighted by atomic mass is 10.1. The molecule has 3 heterocycles. The first-order valence-corrected chi connectivity index (χ1v) is 10.8. The first kappa shape index (κ1) is 21.1. The smallest absolute Gasteiger partial charge is 0.244 e. The van der Waals surface area contributed by atoms with Crippen molar-refractivity contribution in [1.82, 2.24) is 29.7 Å². The summed E-state index contributed by atoms with van der Waals surface area (Å²) in [5, 5.41) is 15.9. The molecule has 0 aliphatic rings. The topological polar surface area (TPSA) is 86.3 Å². The van der Waals surface area contributed by atoms with Gasteiger partial charge in [0.25, 0.3) is 0 Å². The predicted octanol–water partition coefficient (Wildman–Crippen LogP) is 3.92. The molecule has 0 saturated carbocycles. The van der Waals surface area contributed by atoms with Gasteiger partial charge in [0.2, 0.25) is 5.91 Å². The van der Waals surface area contributed by atoms with Crippen LogP contribution in [0.5, 0.6) is 5.75 Å². The maximum Gasteiger partial charge on any atom is 0.244 e. The van der Waals surface area contributed by atoms with E-state index < -0.39 is 0 Å². The second-order valence-corrected chi connectivity index (χ2v) is 7.54. The van der Waals surface area contributed by atoms with Crippen molar-refractivity contribution in [3.8, 4) is 22.7 Å². The lowest BCUT2D eigenvalue weighted by Gasteiger charge is -2.03. The van der Waals surface area contributed by atoms with Crippen molar-refractivity contribution < 1.29 is 9.53 Å². The summed E-state index contributed by atoms with van der Waals surface area (Å²) in [6.07, 6.45) is 7.04. The number of pyridine rings is 1. The van der Waals surface area contributed by atoms with E-state index in [4.69, 9.17) is 9.84 Å². The number of carbonyl (C=O) groups is 1. The Morgan fingerprint density at radius 2 is 1.79 bits per heavy atom. The highest BCUT2D eigenvalue weighted by molar-refractivity contribution is 5.92. The van der Waals surface area contributed by atoms with Crippen molar-refractivity contribution in [2.75, 3.05) is 7.11 Å². The average Bonchev–Trinajstić information content (AvgIpc) is 3.51.